The molecule has 0 unspecified atom stereocenters. The predicted molar refractivity (Wildman–Crippen MR) is 102 cm³/mol. The average Bonchev–Trinajstić information content (AvgIpc) is 3.02. The zero-order chi connectivity index (χ0) is 19.4. The van der Waals surface area contributed by atoms with Crippen molar-refractivity contribution >= 4 is 21.7 Å². The predicted octanol–water partition coefficient (Wildman–Crippen LogP) is 1.38. The van der Waals surface area contributed by atoms with Crippen LogP contribution in [0.5, 0.6) is 0 Å². The molecule has 8 nitrogen and oxygen atoms in total. The second kappa shape index (κ2) is 8.20. The van der Waals surface area contributed by atoms with Crippen LogP contribution in [-0.4, -0.2) is 61.4 Å². The molecule has 1 fully saturated rings. The number of hydrogen-bond acceptors (Lipinski definition) is 6. The number of hydrogen-bond donors (Lipinski definition) is 1. The summed E-state index contributed by atoms with van der Waals surface area (Å²) >= 11 is 0. The number of nitrogens with one attached hydrogen (secondary N) is 1. The summed E-state index contributed by atoms with van der Waals surface area (Å²) in [5, 5.41) is 6.40. The fourth-order valence-electron chi connectivity index (χ4n) is 3.04. The van der Waals surface area contributed by atoms with E-state index < -0.39 is 10.0 Å². The molecule has 27 heavy (non-hydrogen) atoms. The summed E-state index contributed by atoms with van der Waals surface area (Å²) in [6, 6.07) is 9.16. The van der Waals surface area contributed by atoms with Crippen molar-refractivity contribution in [2.24, 2.45) is 0 Å². The van der Waals surface area contributed by atoms with Crippen LogP contribution in [0.3, 0.4) is 0 Å². The number of aryl methyl sites for hydroxylation is 2. The summed E-state index contributed by atoms with van der Waals surface area (Å²) in [4.78, 5) is 14.0. The van der Waals surface area contributed by atoms with E-state index in [1.807, 2.05) is 36.1 Å². The molecule has 146 valence electrons. The molecule has 1 amide bonds. The van der Waals surface area contributed by atoms with Gasteiger partial charge in [-0.1, -0.05) is 29.4 Å². The second-order valence-electron chi connectivity index (χ2n) is 6.73. The van der Waals surface area contributed by atoms with Gasteiger partial charge in [-0.2, -0.15) is 4.31 Å². The van der Waals surface area contributed by atoms with Crippen LogP contribution in [0.2, 0.25) is 0 Å². The van der Waals surface area contributed by atoms with Crippen molar-refractivity contribution in [1.82, 2.24) is 14.4 Å². The Hall–Kier alpha value is -2.23. The van der Waals surface area contributed by atoms with Crippen LogP contribution >= 0.6 is 0 Å². The number of carbonyl (C=O) groups is 1. The van der Waals surface area contributed by atoms with Crippen LogP contribution in [0.15, 0.2) is 34.9 Å². The molecule has 0 aliphatic carbocycles. The van der Waals surface area contributed by atoms with Crippen LogP contribution in [0.25, 0.3) is 0 Å². The van der Waals surface area contributed by atoms with E-state index in [2.05, 4.69) is 10.5 Å². The Labute approximate surface area is 159 Å². The molecule has 3 rings (SSSR count). The molecule has 0 radical (unpaired) electrons. The molecule has 1 aliphatic rings. The summed E-state index contributed by atoms with van der Waals surface area (Å²) in [5.41, 5.74) is 1.79. The lowest BCUT2D eigenvalue weighted by Gasteiger charge is -2.33. The first-order chi connectivity index (χ1) is 12.8. The van der Waals surface area contributed by atoms with Gasteiger partial charge in [0, 0.05) is 32.2 Å². The van der Waals surface area contributed by atoms with Gasteiger partial charge in [0.15, 0.2) is 5.82 Å². The molecule has 1 N–H and O–H groups in total. The third-order valence-electron chi connectivity index (χ3n) is 4.59. The summed E-state index contributed by atoms with van der Waals surface area (Å²) < 4.78 is 31.8. The zero-order valence-electron chi connectivity index (χ0n) is 15.5. The van der Waals surface area contributed by atoms with Crippen LogP contribution in [0, 0.1) is 13.8 Å². The second-order valence-corrected chi connectivity index (χ2v) is 8.70. The lowest BCUT2D eigenvalue weighted by molar-refractivity contribution is -0.117. The third kappa shape index (κ3) is 5.15. The highest BCUT2D eigenvalue weighted by molar-refractivity contribution is 7.88. The van der Waals surface area contributed by atoms with Crippen LogP contribution in [0.1, 0.15) is 16.9 Å². The first-order valence-corrected chi connectivity index (χ1v) is 10.4. The number of benzene rings is 1. The highest BCUT2D eigenvalue weighted by Crippen LogP contribution is 2.16. The molecule has 1 aromatic carbocycles. The summed E-state index contributed by atoms with van der Waals surface area (Å²) in [6.45, 7) is 5.64. The minimum Gasteiger partial charge on any atom is -0.360 e. The Kier molecular flexibility index (Phi) is 5.93. The van der Waals surface area contributed by atoms with Gasteiger partial charge in [0.2, 0.25) is 15.9 Å². The van der Waals surface area contributed by atoms with E-state index in [0.29, 0.717) is 37.8 Å². The molecule has 1 aromatic heterocycles. The minimum absolute atomic E-state index is 0.00562. The van der Waals surface area contributed by atoms with Gasteiger partial charge < -0.3 is 9.84 Å². The molecule has 0 saturated carbocycles. The van der Waals surface area contributed by atoms with E-state index in [1.165, 1.54) is 4.31 Å². The van der Waals surface area contributed by atoms with Crippen molar-refractivity contribution in [3.63, 3.8) is 0 Å². The smallest absolute Gasteiger partial charge is 0.239 e. The largest absolute Gasteiger partial charge is 0.360 e. The number of piperazine rings is 1. The maximum Gasteiger partial charge on any atom is 0.239 e. The Bertz CT molecular complexity index is 902. The molecule has 1 aliphatic heterocycles. The Balaban J connectivity index is 1.50. The lowest BCUT2D eigenvalue weighted by Crippen LogP contribution is -2.50. The van der Waals surface area contributed by atoms with Gasteiger partial charge in [-0.3, -0.25) is 9.69 Å². The van der Waals surface area contributed by atoms with Gasteiger partial charge in [-0.05, 0) is 25.0 Å². The lowest BCUT2D eigenvalue weighted by atomic mass is 10.1. The van der Waals surface area contributed by atoms with Crippen LogP contribution in [-0.2, 0) is 20.6 Å². The van der Waals surface area contributed by atoms with Gasteiger partial charge in [0.1, 0.15) is 5.76 Å². The topological polar surface area (TPSA) is 95.8 Å². The monoisotopic (exact) mass is 392 g/mol. The molecular weight excluding hydrogens is 368 g/mol. The van der Waals surface area contributed by atoms with Crippen molar-refractivity contribution in [3.8, 4) is 0 Å². The number of carbonyl (C=O) groups excluding carboxylic acids is 1. The fourth-order valence-corrected chi connectivity index (χ4v) is 4.66. The highest BCUT2D eigenvalue weighted by Gasteiger charge is 2.28. The van der Waals surface area contributed by atoms with Crippen molar-refractivity contribution < 1.29 is 17.7 Å². The summed E-state index contributed by atoms with van der Waals surface area (Å²) in [6.07, 6.45) is 0. The van der Waals surface area contributed by atoms with Crippen molar-refractivity contribution in [3.05, 3.63) is 47.2 Å². The van der Waals surface area contributed by atoms with Gasteiger partial charge in [0.25, 0.3) is 0 Å². The fraction of sp³-hybridized carbons (Fsp3) is 0.444. The number of aromatic nitrogens is 1. The van der Waals surface area contributed by atoms with Gasteiger partial charge in [0.05, 0.1) is 12.3 Å². The van der Waals surface area contributed by atoms with Crippen molar-refractivity contribution in [2.45, 2.75) is 19.6 Å². The van der Waals surface area contributed by atoms with Gasteiger partial charge in [-0.15, -0.1) is 0 Å². The van der Waals surface area contributed by atoms with E-state index in [4.69, 9.17) is 4.52 Å². The van der Waals surface area contributed by atoms with Crippen LogP contribution in [0.4, 0.5) is 5.82 Å². The summed E-state index contributed by atoms with van der Waals surface area (Å²) in [5.74, 6) is 0.820. The van der Waals surface area contributed by atoms with Gasteiger partial charge >= 0.3 is 0 Å². The normalized spacial score (nSPS) is 16.4. The molecule has 1 saturated heterocycles. The van der Waals surface area contributed by atoms with Crippen molar-refractivity contribution in [1.29, 1.82) is 0 Å². The maximum atomic E-state index is 12.7. The van der Waals surface area contributed by atoms with E-state index >= 15 is 0 Å². The molecule has 0 bridgehead atoms. The van der Waals surface area contributed by atoms with E-state index in [1.54, 1.807) is 13.0 Å². The Morgan fingerprint density at radius 2 is 1.89 bits per heavy atom. The minimum atomic E-state index is -3.37. The Morgan fingerprint density at radius 3 is 2.52 bits per heavy atom. The highest BCUT2D eigenvalue weighted by atomic mass is 32.2. The SMILES string of the molecule is Cc1cc(NC(=O)CN2CCN(S(=O)(=O)Cc3ccccc3C)CC2)no1. The zero-order valence-corrected chi connectivity index (χ0v) is 16.3. The maximum absolute atomic E-state index is 12.7. The van der Waals surface area contributed by atoms with E-state index in [9.17, 15) is 13.2 Å². The number of amides is 1. The molecule has 0 atom stereocenters. The standard InChI is InChI=1S/C18H24N4O4S/c1-14-5-3-4-6-16(14)13-27(24,25)22-9-7-21(8-10-22)12-18(23)19-17-11-15(2)26-20-17/h3-6,11H,7-10,12-13H2,1-2H3,(H,19,20,23). The molecular formula is C18H24N4O4S. The molecule has 2 heterocycles. The first-order valence-electron chi connectivity index (χ1n) is 8.81. The van der Waals surface area contributed by atoms with Crippen LogP contribution < -0.4 is 5.32 Å². The molecule has 0 spiro atoms. The quantitative estimate of drug-likeness (QED) is 0.798. The summed E-state index contributed by atoms with van der Waals surface area (Å²) in [7, 11) is -3.37. The van der Waals surface area contributed by atoms with E-state index in [-0.39, 0.29) is 18.2 Å². The first kappa shape index (κ1) is 19.5. The number of rotatable bonds is 6. The van der Waals surface area contributed by atoms with Crippen molar-refractivity contribution in [2.75, 3.05) is 38.0 Å². The molecule has 9 heteroatoms. The number of anilines is 1. The van der Waals surface area contributed by atoms with E-state index in [0.717, 1.165) is 11.1 Å². The molecule has 2 aromatic rings. The van der Waals surface area contributed by atoms with Gasteiger partial charge in [-0.25, -0.2) is 8.42 Å². The Morgan fingerprint density at radius 1 is 1.19 bits per heavy atom. The number of nitrogens with zero attached hydrogens (tertiary/aromatic N) is 3. The average molecular weight is 392 g/mol. The third-order valence-corrected chi connectivity index (χ3v) is 6.41. The number of sulfonamides is 1.